The molecular weight excluding hydrogens is 376 g/mol. The summed E-state index contributed by atoms with van der Waals surface area (Å²) in [6, 6.07) is 7.15. The molecule has 1 N–H and O–H groups in total. The van der Waals surface area contributed by atoms with Gasteiger partial charge in [-0.05, 0) is 41.9 Å². The summed E-state index contributed by atoms with van der Waals surface area (Å²) in [5, 5.41) is 2.92. The molecule has 1 saturated carbocycles. The number of rotatable bonds is 7. The minimum atomic E-state index is -3.61. The molecule has 7 heteroatoms. The van der Waals surface area contributed by atoms with Crippen LogP contribution in [0.15, 0.2) is 29.2 Å². The van der Waals surface area contributed by atoms with Crippen LogP contribution in [-0.4, -0.2) is 52.0 Å². The standard InChI is InChI=1S/C21H32N2O4S/c1-16(2)17-6-8-18(9-7-17)28(25,26)23-14-19(20(24)22-12-13-27-3)21(15-23)10-4-5-11-21/h6-9,16,19H,4-5,10-15H2,1-3H3,(H,22,24). The minimum absolute atomic E-state index is 0.0493. The normalized spacial score (nSPS) is 22.2. The SMILES string of the molecule is COCCNC(=O)C1CN(S(=O)(=O)c2ccc(C(C)C)cc2)CC12CCCC2. The molecule has 1 atom stereocenters. The Morgan fingerprint density at radius 1 is 1.25 bits per heavy atom. The summed E-state index contributed by atoms with van der Waals surface area (Å²) in [6.07, 6.45) is 3.93. The van der Waals surface area contributed by atoms with E-state index in [0.717, 1.165) is 31.2 Å². The van der Waals surface area contributed by atoms with E-state index in [0.29, 0.717) is 30.5 Å². The lowest BCUT2D eigenvalue weighted by molar-refractivity contribution is -0.127. The van der Waals surface area contributed by atoms with E-state index < -0.39 is 10.0 Å². The summed E-state index contributed by atoms with van der Waals surface area (Å²) in [5.74, 6) is 0.00819. The molecule has 1 spiro atoms. The first-order chi connectivity index (χ1) is 13.3. The first kappa shape index (κ1) is 21.3. The number of sulfonamides is 1. The Kier molecular flexibility index (Phi) is 6.47. The van der Waals surface area contributed by atoms with Crippen LogP contribution in [-0.2, 0) is 19.6 Å². The highest BCUT2D eigenvalue weighted by molar-refractivity contribution is 7.89. The molecule has 0 bridgehead atoms. The van der Waals surface area contributed by atoms with Crippen LogP contribution in [0.4, 0.5) is 0 Å². The Morgan fingerprint density at radius 3 is 2.46 bits per heavy atom. The van der Waals surface area contributed by atoms with Crippen LogP contribution in [0.3, 0.4) is 0 Å². The van der Waals surface area contributed by atoms with Crippen molar-refractivity contribution in [3.63, 3.8) is 0 Å². The number of nitrogens with one attached hydrogen (secondary N) is 1. The predicted octanol–water partition coefficient (Wildman–Crippen LogP) is 2.75. The fraction of sp³-hybridized carbons (Fsp3) is 0.667. The molecule has 1 aliphatic heterocycles. The maximum atomic E-state index is 13.3. The molecule has 3 rings (SSSR count). The lowest BCUT2D eigenvalue weighted by Gasteiger charge is -2.29. The van der Waals surface area contributed by atoms with Gasteiger partial charge in [-0.15, -0.1) is 0 Å². The molecule has 2 aliphatic rings. The zero-order valence-corrected chi connectivity index (χ0v) is 17.9. The second-order valence-electron chi connectivity index (χ2n) is 8.43. The van der Waals surface area contributed by atoms with Gasteiger partial charge in [0.05, 0.1) is 17.4 Å². The van der Waals surface area contributed by atoms with Crippen molar-refractivity contribution < 1.29 is 17.9 Å². The van der Waals surface area contributed by atoms with Crippen molar-refractivity contribution in [3.05, 3.63) is 29.8 Å². The van der Waals surface area contributed by atoms with E-state index in [-0.39, 0.29) is 23.8 Å². The fourth-order valence-electron chi connectivity index (χ4n) is 4.63. The number of amides is 1. The van der Waals surface area contributed by atoms with Crippen molar-refractivity contribution in [2.75, 3.05) is 33.4 Å². The van der Waals surface area contributed by atoms with Crippen molar-refractivity contribution in [3.8, 4) is 0 Å². The average Bonchev–Trinajstić information content (AvgIpc) is 3.30. The second kappa shape index (κ2) is 8.51. The van der Waals surface area contributed by atoms with Crippen LogP contribution in [0, 0.1) is 11.3 Å². The van der Waals surface area contributed by atoms with Gasteiger partial charge < -0.3 is 10.1 Å². The molecular formula is C21H32N2O4S. The van der Waals surface area contributed by atoms with Crippen LogP contribution < -0.4 is 5.32 Å². The zero-order valence-electron chi connectivity index (χ0n) is 17.1. The Balaban J connectivity index is 1.81. The maximum Gasteiger partial charge on any atom is 0.243 e. The molecule has 1 aromatic carbocycles. The smallest absolute Gasteiger partial charge is 0.243 e. The summed E-state index contributed by atoms with van der Waals surface area (Å²) in [4.78, 5) is 13.1. The Bertz CT molecular complexity index is 783. The Labute approximate surface area is 168 Å². The largest absolute Gasteiger partial charge is 0.383 e. The summed E-state index contributed by atoms with van der Waals surface area (Å²) in [6.45, 7) is 5.76. The van der Waals surface area contributed by atoms with Gasteiger partial charge in [0.1, 0.15) is 0 Å². The molecule has 1 heterocycles. The van der Waals surface area contributed by atoms with Gasteiger partial charge in [0, 0.05) is 26.7 Å². The van der Waals surface area contributed by atoms with Crippen molar-refractivity contribution in [1.82, 2.24) is 9.62 Å². The van der Waals surface area contributed by atoms with Gasteiger partial charge in [-0.3, -0.25) is 4.79 Å². The van der Waals surface area contributed by atoms with Gasteiger partial charge in [0.2, 0.25) is 15.9 Å². The topological polar surface area (TPSA) is 75.7 Å². The Morgan fingerprint density at radius 2 is 1.89 bits per heavy atom. The van der Waals surface area contributed by atoms with Crippen LogP contribution >= 0.6 is 0 Å². The minimum Gasteiger partial charge on any atom is -0.383 e. The van der Waals surface area contributed by atoms with E-state index in [1.165, 1.54) is 4.31 Å². The van der Waals surface area contributed by atoms with Crippen molar-refractivity contribution in [1.29, 1.82) is 0 Å². The van der Waals surface area contributed by atoms with Gasteiger partial charge in [-0.2, -0.15) is 4.31 Å². The molecule has 0 radical (unpaired) electrons. The van der Waals surface area contributed by atoms with E-state index in [2.05, 4.69) is 19.2 Å². The quantitative estimate of drug-likeness (QED) is 0.704. The summed E-state index contributed by atoms with van der Waals surface area (Å²) < 4.78 is 33.1. The van der Waals surface area contributed by atoms with E-state index in [9.17, 15) is 13.2 Å². The molecule has 1 aromatic rings. The average molecular weight is 409 g/mol. The number of hydrogen-bond donors (Lipinski definition) is 1. The molecule has 156 valence electrons. The van der Waals surface area contributed by atoms with Crippen molar-refractivity contribution >= 4 is 15.9 Å². The maximum absolute atomic E-state index is 13.3. The number of benzene rings is 1. The van der Waals surface area contributed by atoms with Crippen LogP contribution in [0.25, 0.3) is 0 Å². The number of carbonyl (C=O) groups excluding carboxylic acids is 1. The highest BCUT2D eigenvalue weighted by Crippen LogP contribution is 2.50. The van der Waals surface area contributed by atoms with Crippen LogP contribution in [0.5, 0.6) is 0 Å². The molecule has 28 heavy (non-hydrogen) atoms. The molecule has 2 fully saturated rings. The number of carbonyl (C=O) groups is 1. The third kappa shape index (κ3) is 4.11. The molecule has 6 nitrogen and oxygen atoms in total. The van der Waals surface area contributed by atoms with E-state index in [1.807, 2.05) is 12.1 Å². The number of ether oxygens (including phenoxy) is 1. The highest BCUT2D eigenvalue weighted by atomic mass is 32.2. The van der Waals surface area contributed by atoms with Gasteiger partial charge >= 0.3 is 0 Å². The van der Waals surface area contributed by atoms with Gasteiger partial charge in [-0.1, -0.05) is 38.8 Å². The monoisotopic (exact) mass is 408 g/mol. The molecule has 1 unspecified atom stereocenters. The first-order valence-corrected chi connectivity index (χ1v) is 11.6. The summed E-state index contributed by atoms with van der Waals surface area (Å²) in [5.41, 5.74) is 0.880. The van der Waals surface area contributed by atoms with E-state index >= 15 is 0 Å². The fourth-order valence-corrected chi connectivity index (χ4v) is 6.18. The molecule has 1 amide bonds. The van der Waals surface area contributed by atoms with Gasteiger partial charge in [0.15, 0.2) is 0 Å². The predicted molar refractivity (Wildman–Crippen MR) is 109 cm³/mol. The van der Waals surface area contributed by atoms with Gasteiger partial charge in [-0.25, -0.2) is 8.42 Å². The lowest BCUT2D eigenvalue weighted by Crippen LogP contribution is -2.41. The zero-order chi connectivity index (χ0) is 20.4. The van der Waals surface area contributed by atoms with E-state index in [1.54, 1.807) is 19.2 Å². The highest BCUT2D eigenvalue weighted by Gasteiger charge is 2.53. The van der Waals surface area contributed by atoms with Crippen molar-refractivity contribution in [2.24, 2.45) is 11.3 Å². The first-order valence-electron chi connectivity index (χ1n) is 10.2. The summed E-state index contributed by atoms with van der Waals surface area (Å²) in [7, 11) is -2.01. The number of methoxy groups -OCH3 is 1. The summed E-state index contributed by atoms with van der Waals surface area (Å²) >= 11 is 0. The van der Waals surface area contributed by atoms with E-state index in [4.69, 9.17) is 4.74 Å². The second-order valence-corrected chi connectivity index (χ2v) is 10.4. The molecule has 1 aliphatic carbocycles. The lowest BCUT2D eigenvalue weighted by atomic mass is 9.76. The number of hydrogen-bond acceptors (Lipinski definition) is 4. The third-order valence-electron chi connectivity index (χ3n) is 6.32. The molecule has 1 saturated heterocycles. The number of nitrogens with zero attached hydrogens (tertiary/aromatic N) is 1. The van der Waals surface area contributed by atoms with Crippen molar-refractivity contribution in [2.45, 2.75) is 50.3 Å². The van der Waals surface area contributed by atoms with Crippen LogP contribution in [0.2, 0.25) is 0 Å². The third-order valence-corrected chi connectivity index (χ3v) is 8.15. The van der Waals surface area contributed by atoms with Crippen LogP contribution in [0.1, 0.15) is 51.0 Å². The molecule has 0 aromatic heterocycles. The Hall–Kier alpha value is -1.44. The van der Waals surface area contributed by atoms with Gasteiger partial charge in [0.25, 0.3) is 0 Å².